The van der Waals surface area contributed by atoms with Crippen molar-refractivity contribution in [1.82, 2.24) is 5.32 Å². The lowest BCUT2D eigenvalue weighted by Gasteiger charge is -2.07. The summed E-state index contributed by atoms with van der Waals surface area (Å²) in [5.41, 5.74) is 0.420. The molecule has 0 aliphatic rings. The normalized spacial score (nSPS) is 12.2. The molecule has 6 heteroatoms. The Morgan fingerprint density at radius 3 is 2.88 bits per heavy atom. The standard InChI is InChI=1S/C11H13BrClNO2S/c1-2-17(16)7-6-14-11(15)8-4-3-5-9(12)10(8)13/h3-5H,2,6-7H2,1H3,(H,14,15). The van der Waals surface area contributed by atoms with Crippen LogP contribution in [0.5, 0.6) is 0 Å². The minimum absolute atomic E-state index is 0.246. The Labute approximate surface area is 117 Å². The lowest BCUT2D eigenvalue weighted by atomic mass is 10.2. The van der Waals surface area contributed by atoms with Gasteiger partial charge in [-0.15, -0.1) is 0 Å². The summed E-state index contributed by atoms with van der Waals surface area (Å²) in [6, 6.07) is 5.17. The zero-order chi connectivity index (χ0) is 12.8. The number of rotatable bonds is 5. The monoisotopic (exact) mass is 337 g/mol. The molecule has 0 bridgehead atoms. The third-order valence-electron chi connectivity index (χ3n) is 2.13. The second-order valence-corrected chi connectivity index (χ2v) is 6.39. The van der Waals surface area contributed by atoms with Crippen molar-refractivity contribution < 1.29 is 9.00 Å². The summed E-state index contributed by atoms with van der Waals surface area (Å²) < 4.78 is 11.9. The van der Waals surface area contributed by atoms with Gasteiger partial charge in [-0.25, -0.2) is 0 Å². The fraction of sp³-hybridized carbons (Fsp3) is 0.364. The maximum absolute atomic E-state index is 11.8. The number of carbonyl (C=O) groups is 1. The van der Waals surface area contributed by atoms with Gasteiger partial charge in [-0.2, -0.15) is 0 Å². The average Bonchev–Trinajstić information content (AvgIpc) is 2.32. The molecule has 0 aliphatic heterocycles. The van der Waals surface area contributed by atoms with Crippen LogP contribution in [0.3, 0.4) is 0 Å². The predicted molar refractivity (Wildman–Crippen MR) is 75.0 cm³/mol. The van der Waals surface area contributed by atoms with Crippen molar-refractivity contribution in [3.8, 4) is 0 Å². The number of hydrogen-bond donors (Lipinski definition) is 1. The Balaban J connectivity index is 2.59. The van der Waals surface area contributed by atoms with Gasteiger partial charge in [-0.1, -0.05) is 24.6 Å². The van der Waals surface area contributed by atoms with Crippen LogP contribution in [0, 0.1) is 0 Å². The number of nitrogens with one attached hydrogen (secondary N) is 1. The maximum atomic E-state index is 11.8. The Kier molecular flexibility index (Phi) is 6.16. The lowest BCUT2D eigenvalue weighted by Crippen LogP contribution is -2.28. The maximum Gasteiger partial charge on any atom is 0.252 e. The lowest BCUT2D eigenvalue weighted by molar-refractivity contribution is 0.0956. The van der Waals surface area contributed by atoms with Crippen LogP contribution in [-0.2, 0) is 10.8 Å². The highest BCUT2D eigenvalue weighted by Crippen LogP contribution is 2.25. The van der Waals surface area contributed by atoms with Gasteiger partial charge in [0.05, 0.1) is 10.6 Å². The van der Waals surface area contributed by atoms with E-state index in [9.17, 15) is 9.00 Å². The van der Waals surface area contributed by atoms with Gasteiger partial charge in [-0.3, -0.25) is 9.00 Å². The summed E-state index contributed by atoms with van der Waals surface area (Å²) in [5, 5.41) is 3.09. The van der Waals surface area contributed by atoms with E-state index >= 15 is 0 Å². The van der Waals surface area contributed by atoms with Crippen molar-refractivity contribution in [1.29, 1.82) is 0 Å². The summed E-state index contributed by atoms with van der Waals surface area (Å²) in [5.74, 6) is 0.825. The molecular weight excluding hydrogens is 326 g/mol. The third kappa shape index (κ3) is 4.41. The van der Waals surface area contributed by atoms with E-state index in [1.54, 1.807) is 18.2 Å². The van der Waals surface area contributed by atoms with E-state index in [4.69, 9.17) is 11.6 Å². The molecule has 94 valence electrons. The van der Waals surface area contributed by atoms with Crippen molar-refractivity contribution in [2.45, 2.75) is 6.92 Å². The SMILES string of the molecule is CCS(=O)CCNC(=O)c1cccc(Br)c1Cl. The van der Waals surface area contributed by atoms with Crippen molar-refractivity contribution in [3.63, 3.8) is 0 Å². The van der Waals surface area contributed by atoms with E-state index in [0.29, 0.717) is 33.1 Å². The van der Waals surface area contributed by atoms with E-state index in [0.717, 1.165) is 0 Å². The number of halogens is 2. The first-order valence-electron chi connectivity index (χ1n) is 5.13. The summed E-state index contributed by atoms with van der Waals surface area (Å²) in [7, 11) is -0.867. The molecule has 0 fully saturated rings. The molecule has 0 heterocycles. The molecule has 0 radical (unpaired) electrons. The molecule has 0 saturated carbocycles. The Hall–Kier alpha value is -0.390. The van der Waals surface area contributed by atoms with Crippen molar-refractivity contribution >= 4 is 44.2 Å². The van der Waals surface area contributed by atoms with Crippen LogP contribution in [0.25, 0.3) is 0 Å². The molecular formula is C11H13BrClNO2S. The van der Waals surface area contributed by atoms with Gasteiger partial charge < -0.3 is 5.32 Å². The summed E-state index contributed by atoms with van der Waals surface area (Å²) >= 11 is 9.25. The van der Waals surface area contributed by atoms with Gasteiger partial charge in [-0.05, 0) is 28.1 Å². The molecule has 0 spiro atoms. The van der Waals surface area contributed by atoms with Gasteiger partial charge in [0.15, 0.2) is 0 Å². The molecule has 1 rings (SSSR count). The Bertz CT molecular complexity index is 439. The summed E-state index contributed by atoms with van der Waals surface area (Å²) in [6.07, 6.45) is 0. The van der Waals surface area contributed by atoms with Crippen LogP contribution in [0.4, 0.5) is 0 Å². The largest absolute Gasteiger partial charge is 0.351 e. The fourth-order valence-corrected chi connectivity index (χ4v) is 2.39. The van der Waals surface area contributed by atoms with Gasteiger partial charge in [0.25, 0.3) is 5.91 Å². The molecule has 0 aliphatic carbocycles. The van der Waals surface area contributed by atoms with Gasteiger partial charge >= 0.3 is 0 Å². The predicted octanol–water partition coefficient (Wildman–Crippen LogP) is 2.60. The second kappa shape index (κ2) is 7.13. The van der Waals surface area contributed by atoms with Crippen LogP contribution in [-0.4, -0.2) is 28.2 Å². The van der Waals surface area contributed by atoms with Gasteiger partial charge in [0.1, 0.15) is 0 Å². The minimum atomic E-state index is -0.867. The van der Waals surface area contributed by atoms with Gasteiger partial charge in [0.2, 0.25) is 0 Å². The fourth-order valence-electron chi connectivity index (χ4n) is 1.20. The first kappa shape index (κ1) is 14.7. The molecule has 1 aromatic rings. The molecule has 1 atom stereocenters. The van der Waals surface area contributed by atoms with E-state index in [-0.39, 0.29) is 5.91 Å². The van der Waals surface area contributed by atoms with Crippen molar-refractivity contribution in [2.24, 2.45) is 0 Å². The quantitative estimate of drug-likeness (QED) is 0.897. The van der Waals surface area contributed by atoms with E-state index in [1.807, 2.05) is 6.92 Å². The Morgan fingerprint density at radius 2 is 2.24 bits per heavy atom. The van der Waals surface area contributed by atoms with Crippen LogP contribution in [0.15, 0.2) is 22.7 Å². The highest BCUT2D eigenvalue weighted by Gasteiger charge is 2.11. The molecule has 3 nitrogen and oxygen atoms in total. The minimum Gasteiger partial charge on any atom is -0.351 e. The van der Waals surface area contributed by atoms with Gasteiger partial charge in [0, 0.05) is 33.3 Å². The topological polar surface area (TPSA) is 46.2 Å². The zero-order valence-corrected chi connectivity index (χ0v) is 12.5. The van der Waals surface area contributed by atoms with Crippen LogP contribution in [0.2, 0.25) is 5.02 Å². The highest BCUT2D eigenvalue weighted by atomic mass is 79.9. The van der Waals surface area contributed by atoms with E-state index in [2.05, 4.69) is 21.2 Å². The summed E-state index contributed by atoms with van der Waals surface area (Å²) in [4.78, 5) is 11.8. The third-order valence-corrected chi connectivity index (χ3v) is 4.73. The number of benzene rings is 1. The first-order valence-corrected chi connectivity index (χ1v) is 7.79. The molecule has 0 aromatic heterocycles. The number of carbonyl (C=O) groups excluding carboxylic acids is 1. The zero-order valence-electron chi connectivity index (χ0n) is 9.33. The van der Waals surface area contributed by atoms with Crippen molar-refractivity contribution in [2.75, 3.05) is 18.1 Å². The summed E-state index contributed by atoms with van der Waals surface area (Å²) in [6.45, 7) is 2.24. The highest BCUT2D eigenvalue weighted by molar-refractivity contribution is 9.10. The molecule has 1 aromatic carbocycles. The van der Waals surface area contributed by atoms with E-state index < -0.39 is 10.8 Å². The molecule has 1 N–H and O–H groups in total. The second-order valence-electron chi connectivity index (χ2n) is 3.29. The Morgan fingerprint density at radius 1 is 1.53 bits per heavy atom. The molecule has 0 saturated heterocycles. The first-order chi connectivity index (χ1) is 8.06. The number of amides is 1. The molecule has 1 unspecified atom stereocenters. The van der Waals surface area contributed by atoms with Crippen molar-refractivity contribution in [3.05, 3.63) is 33.3 Å². The molecule has 1 amide bonds. The average molecular weight is 339 g/mol. The van der Waals surface area contributed by atoms with Crippen LogP contribution < -0.4 is 5.32 Å². The smallest absolute Gasteiger partial charge is 0.252 e. The van der Waals surface area contributed by atoms with Crippen LogP contribution in [0.1, 0.15) is 17.3 Å². The molecule has 17 heavy (non-hydrogen) atoms. The van der Waals surface area contributed by atoms with Crippen LogP contribution >= 0.6 is 27.5 Å². The van der Waals surface area contributed by atoms with E-state index in [1.165, 1.54) is 0 Å². The number of hydrogen-bond acceptors (Lipinski definition) is 2.